The van der Waals surface area contributed by atoms with Gasteiger partial charge in [0, 0.05) is 22.6 Å². The Hall–Kier alpha value is -2.87. The summed E-state index contributed by atoms with van der Waals surface area (Å²) in [5.41, 5.74) is 4.83. The van der Waals surface area contributed by atoms with Crippen LogP contribution in [-0.2, 0) is 10.5 Å². The zero-order valence-corrected chi connectivity index (χ0v) is 15.6. The molecule has 0 aliphatic carbocycles. The van der Waals surface area contributed by atoms with E-state index in [0.717, 1.165) is 11.1 Å². The van der Waals surface area contributed by atoms with E-state index in [9.17, 15) is 19.1 Å². The maximum absolute atomic E-state index is 12.9. The fourth-order valence-corrected chi connectivity index (χ4v) is 2.94. The highest BCUT2D eigenvalue weighted by molar-refractivity contribution is 7.99. The number of hydrogen-bond acceptors (Lipinski definition) is 6. The van der Waals surface area contributed by atoms with Gasteiger partial charge in [0.25, 0.3) is 5.91 Å². The molecule has 6 nitrogen and oxygen atoms in total. The first-order valence-electron chi connectivity index (χ1n) is 7.95. The number of methoxy groups -OCH3 is 1. The van der Waals surface area contributed by atoms with Gasteiger partial charge in [-0.25, -0.2) is 9.82 Å². The Kier molecular flexibility index (Phi) is 7.36. The third-order valence-corrected chi connectivity index (χ3v) is 4.56. The van der Waals surface area contributed by atoms with Gasteiger partial charge in [-0.3, -0.25) is 4.79 Å². The van der Waals surface area contributed by atoms with Gasteiger partial charge in [0.1, 0.15) is 11.6 Å². The summed E-state index contributed by atoms with van der Waals surface area (Å²) in [7, 11) is 1.53. The largest absolute Gasteiger partial charge is 0.549 e. The Bertz CT molecular complexity index is 853. The number of ether oxygens (including phenoxy) is 1. The van der Waals surface area contributed by atoms with E-state index in [2.05, 4.69) is 10.5 Å². The minimum absolute atomic E-state index is 0.117. The molecule has 8 heteroatoms. The fourth-order valence-electron chi connectivity index (χ4n) is 2.23. The summed E-state index contributed by atoms with van der Waals surface area (Å²) >= 11 is 1.20. The maximum Gasteiger partial charge on any atom is 0.271 e. The molecule has 0 spiro atoms. The molecule has 0 unspecified atom stereocenters. The van der Waals surface area contributed by atoms with Gasteiger partial charge >= 0.3 is 0 Å². The van der Waals surface area contributed by atoms with Crippen LogP contribution in [0.25, 0.3) is 0 Å². The molecule has 0 saturated carbocycles. The quantitative estimate of drug-likeness (QED) is 0.551. The number of hydrazone groups is 1. The molecular formula is C19H18FN2O4S-. The third kappa shape index (κ3) is 6.10. The van der Waals surface area contributed by atoms with Crippen LogP contribution >= 0.6 is 11.8 Å². The lowest BCUT2D eigenvalue weighted by Crippen LogP contribution is -2.24. The highest BCUT2D eigenvalue weighted by Gasteiger charge is 2.08. The maximum atomic E-state index is 12.9. The van der Waals surface area contributed by atoms with Gasteiger partial charge in [0.15, 0.2) is 0 Å². The number of nitrogens with one attached hydrogen (secondary N) is 1. The summed E-state index contributed by atoms with van der Waals surface area (Å²) in [4.78, 5) is 22.6. The lowest BCUT2D eigenvalue weighted by molar-refractivity contribution is -0.301. The fraction of sp³-hybridized carbons (Fsp3) is 0.211. The Morgan fingerprint density at radius 3 is 2.48 bits per heavy atom. The highest BCUT2D eigenvalue weighted by atomic mass is 32.2. The van der Waals surface area contributed by atoms with Gasteiger partial charge in [0.05, 0.1) is 18.8 Å². The number of carbonyl (C=O) groups is 2. The lowest BCUT2D eigenvalue weighted by atomic mass is 10.1. The van der Waals surface area contributed by atoms with Crippen LogP contribution < -0.4 is 15.3 Å². The molecule has 0 atom stereocenters. The summed E-state index contributed by atoms with van der Waals surface area (Å²) in [5, 5.41) is 14.6. The number of carboxylic acid groups (broad SMARTS) is 1. The molecule has 0 bridgehead atoms. The minimum Gasteiger partial charge on any atom is -0.549 e. The first-order valence-corrected chi connectivity index (χ1v) is 9.11. The number of amides is 1. The second-order valence-corrected chi connectivity index (χ2v) is 6.52. The summed E-state index contributed by atoms with van der Waals surface area (Å²) in [6.45, 7) is 1.73. The monoisotopic (exact) mass is 389 g/mol. The molecule has 0 aliphatic rings. The van der Waals surface area contributed by atoms with Gasteiger partial charge in [0.2, 0.25) is 0 Å². The Balaban J connectivity index is 2.10. The normalized spacial score (nSPS) is 11.1. The molecular weight excluding hydrogens is 371 g/mol. The van der Waals surface area contributed by atoms with E-state index in [-0.39, 0.29) is 5.75 Å². The zero-order valence-electron chi connectivity index (χ0n) is 14.8. The SMILES string of the molecule is COc1ccc(/C(C)=N\NC(=O)c2ccc(F)cc2)cc1CSCC(=O)[O-]. The van der Waals surface area contributed by atoms with Crippen LogP contribution in [0.1, 0.15) is 28.4 Å². The molecule has 2 aromatic carbocycles. The van der Waals surface area contributed by atoms with Crippen LogP contribution in [0.15, 0.2) is 47.6 Å². The van der Waals surface area contributed by atoms with E-state index in [1.54, 1.807) is 19.1 Å². The Morgan fingerprint density at radius 2 is 1.85 bits per heavy atom. The van der Waals surface area contributed by atoms with Crippen molar-refractivity contribution in [2.24, 2.45) is 5.10 Å². The van der Waals surface area contributed by atoms with Crippen molar-refractivity contribution >= 4 is 29.4 Å². The summed E-state index contributed by atoms with van der Waals surface area (Å²) in [5.74, 6) is -1.06. The van der Waals surface area contributed by atoms with Gasteiger partial charge < -0.3 is 14.6 Å². The molecule has 0 aliphatic heterocycles. The lowest BCUT2D eigenvalue weighted by Gasteiger charge is -2.11. The van der Waals surface area contributed by atoms with Crippen molar-refractivity contribution in [3.05, 3.63) is 65.0 Å². The average molecular weight is 389 g/mol. The molecule has 0 aromatic heterocycles. The van der Waals surface area contributed by atoms with Crippen LogP contribution in [0.4, 0.5) is 4.39 Å². The van der Waals surface area contributed by atoms with E-state index < -0.39 is 17.7 Å². The van der Waals surface area contributed by atoms with E-state index in [1.807, 2.05) is 6.07 Å². The molecule has 0 heterocycles. The number of aliphatic carboxylic acids is 1. The molecule has 27 heavy (non-hydrogen) atoms. The number of carbonyl (C=O) groups excluding carboxylic acids is 2. The van der Waals surface area contributed by atoms with Crippen LogP contribution in [0, 0.1) is 5.82 Å². The minimum atomic E-state index is -1.13. The summed E-state index contributed by atoms with van der Waals surface area (Å²) in [6, 6.07) is 10.5. The van der Waals surface area contributed by atoms with Crippen molar-refractivity contribution in [2.45, 2.75) is 12.7 Å². The molecule has 2 rings (SSSR count). The highest BCUT2D eigenvalue weighted by Crippen LogP contribution is 2.24. The molecule has 0 fully saturated rings. The number of thioether (sulfide) groups is 1. The van der Waals surface area contributed by atoms with Crippen LogP contribution in [0.2, 0.25) is 0 Å². The van der Waals surface area contributed by atoms with Crippen molar-refractivity contribution in [1.82, 2.24) is 5.43 Å². The van der Waals surface area contributed by atoms with Gasteiger partial charge in [-0.05, 0) is 55.0 Å². The number of hydrogen-bond donors (Lipinski definition) is 1. The first-order chi connectivity index (χ1) is 12.9. The average Bonchev–Trinajstić information content (AvgIpc) is 2.66. The van der Waals surface area contributed by atoms with E-state index in [1.165, 1.54) is 43.1 Å². The van der Waals surface area contributed by atoms with Gasteiger partial charge in [-0.1, -0.05) is 0 Å². The molecule has 142 valence electrons. The van der Waals surface area contributed by atoms with Crippen molar-refractivity contribution in [2.75, 3.05) is 12.9 Å². The zero-order chi connectivity index (χ0) is 19.8. The predicted molar refractivity (Wildman–Crippen MR) is 100 cm³/mol. The molecule has 0 radical (unpaired) electrons. The van der Waals surface area contributed by atoms with E-state index >= 15 is 0 Å². The number of carboxylic acids is 1. The molecule has 0 saturated heterocycles. The number of rotatable bonds is 8. The second-order valence-electron chi connectivity index (χ2n) is 5.54. The van der Waals surface area contributed by atoms with Gasteiger partial charge in [-0.15, -0.1) is 0 Å². The van der Waals surface area contributed by atoms with Crippen LogP contribution in [0.5, 0.6) is 5.75 Å². The number of nitrogens with zero attached hydrogens (tertiary/aromatic N) is 1. The van der Waals surface area contributed by atoms with Crippen molar-refractivity contribution in [1.29, 1.82) is 0 Å². The topological polar surface area (TPSA) is 90.8 Å². The predicted octanol–water partition coefficient (Wildman–Crippen LogP) is 1.97. The molecule has 2 aromatic rings. The number of benzene rings is 2. The Labute approximate surface area is 160 Å². The van der Waals surface area contributed by atoms with Crippen molar-refractivity contribution in [3.63, 3.8) is 0 Å². The van der Waals surface area contributed by atoms with Crippen molar-refractivity contribution < 1.29 is 23.8 Å². The number of halogens is 1. The summed E-state index contributed by atoms with van der Waals surface area (Å²) in [6.07, 6.45) is 0. The van der Waals surface area contributed by atoms with E-state index in [4.69, 9.17) is 4.74 Å². The van der Waals surface area contributed by atoms with Crippen molar-refractivity contribution in [3.8, 4) is 5.75 Å². The standard InChI is InChI=1S/C19H19FN2O4S/c1-12(21-22-19(25)13-3-6-16(20)7-4-13)14-5-8-17(26-2)15(9-14)10-27-11-18(23)24/h3-9H,10-11H2,1-2H3,(H,22,25)(H,23,24)/p-1/b21-12-. The van der Waals surface area contributed by atoms with E-state index in [0.29, 0.717) is 22.8 Å². The van der Waals surface area contributed by atoms with Crippen LogP contribution in [-0.4, -0.2) is 30.5 Å². The first kappa shape index (κ1) is 20.4. The third-order valence-electron chi connectivity index (χ3n) is 3.61. The van der Waals surface area contributed by atoms with Gasteiger partial charge in [-0.2, -0.15) is 16.9 Å². The van der Waals surface area contributed by atoms with Crippen LogP contribution in [0.3, 0.4) is 0 Å². The smallest absolute Gasteiger partial charge is 0.271 e. The molecule has 1 N–H and O–H groups in total. The molecule has 1 amide bonds. The Morgan fingerprint density at radius 1 is 1.19 bits per heavy atom. The second kappa shape index (κ2) is 9.72. The summed E-state index contributed by atoms with van der Waals surface area (Å²) < 4.78 is 18.2.